The van der Waals surface area contributed by atoms with Crippen molar-refractivity contribution in [1.82, 2.24) is 0 Å². The first-order valence-electron chi connectivity index (χ1n) is 5.49. The lowest BCUT2D eigenvalue weighted by atomic mass is 10.2. The van der Waals surface area contributed by atoms with E-state index in [0.717, 1.165) is 21.3 Å². The first-order valence-corrected chi connectivity index (χ1v) is 6.66. The van der Waals surface area contributed by atoms with Crippen LogP contribution in [0.15, 0.2) is 40.9 Å². The summed E-state index contributed by atoms with van der Waals surface area (Å²) in [5, 5.41) is 0.661. The molecule has 0 saturated heterocycles. The lowest BCUT2D eigenvalue weighted by Crippen LogP contribution is -2.01. The highest BCUT2D eigenvalue weighted by atomic mass is 79.9. The van der Waals surface area contributed by atoms with Crippen LogP contribution in [0.2, 0.25) is 5.02 Å². The molecule has 0 fully saturated rings. The molecule has 0 bridgehead atoms. The molecule has 0 aromatic heterocycles. The van der Waals surface area contributed by atoms with E-state index in [-0.39, 0.29) is 0 Å². The molecule has 2 aromatic rings. The van der Waals surface area contributed by atoms with E-state index in [0.29, 0.717) is 17.3 Å². The number of benzene rings is 2. The van der Waals surface area contributed by atoms with E-state index in [4.69, 9.17) is 22.1 Å². The highest BCUT2D eigenvalue weighted by Crippen LogP contribution is 2.25. The number of rotatable bonds is 3. The standard InChI is InChI=1S/C14H13BrClNO/c1-9-2-3-11(15)7-14(9)18-8-10-6-12(16)4-5-13(10)17/h2-7H,8,17H2,1H3. The summed E-state index contributed by atoms with van der Waals surface area (Å²) >= 11 is 9.36. The van der Waals surface area contributed by atoms with Crippen molar-refractivity contribution in [3.05, 3.63) is 57.0 Å². The SMILES string of the molecule is Cc1ccc(Br)cc1OCc1cc(Cl)ccc1N. The fourth-order valence-electron chi connectivity index (χ4n) is 1.58. The molecule has 2 aromatic carbocycles. The van der Waals surface area contributed by atoms with Gasteiger partial charge in [0.05, 0.1) is 0 Å². The number of anilines is 1. The Morgan fingerprint density at radius 3 is 2.78 bits per heavy atom. The number of nitrogen functional groups attached to an aromatic ring is 1. The van der Waals surface area contributed by atoms with Crippen molar-refractivity contribution in [3.63, 3.8) is 0 Å². The van der Waals surface area contributed by atoms with Crippen molar-refractivity contribution in [2.45, 2.75) is 13.5 Å². The van der Waals surface area contributed by atoms with Crippen LogP contribution in [0.1, 0.15) is 11.1 Å². The second kappa shape index (κ2) is 5.63. The van der Waals surface area contributed by atoms with E-state index in [1.807, 2.05) is 31.2 Å². The summed E-state index contributed by atoms with van der Waals surface area (Å²) in [5.74, 6) is 0.837. The van der Waals surface area contributed by atoms with Crippen LogP contribution in [0.3, 0.4) is 0 Å². The molecule has 94 valence electrons. The Hall–Kier alpha value is -1.19. The number of halogens is 2. The van der Waals surface area contributed by atoms with Crippen molar-refractivity contribution < 1.29 is 4.74 Å². The lowest BCUT2D eigenvalue weighted by Gasteiger charge is -2.11. The molecule has 0 unspecified atom stereocenters. The Kier molecular flexibility index (Phi) is 4.15. The Labute approximate surface area is 120 Å². The summed E-state index contributed by atoms with van der Waals surface area (Å²) in [6, 6.07) is 11.3. The van der Waals surface area contributed by atoms with Crippen LogP contribution in [0.4, 0.5) is 5.69 Å². The molecule has 0 aliphatic carbocycles. The van der Waals surface area contributed by atoms with Gasteiger partial charge >= 0.3 is 0 Å². The Morgan fingerprint density at radius 2 is 2.00 bits per heavy atom. The lowest BCUT2D eigenvalue weighted by molar-refractivity contribution is 0.304. The minimum absolute atomic E-state index is 0.406. The molecular weight excluding hydrogens is 314 g/mol. The molecule has 0 spiro atoms. The van der Waals surface area contributed by atoms with Crippen LogP contribution in [0.25, 0.3) is 0 Å². The zero-order valence-electron chi connectivity index (χ0n) is 9.91. The van der Waals surface area contributed by atoms with E-state index in [2.05, 4.69) is 15.9 Å². The maximum absolute atomic E-state index is 5.94. The molecule has 0 heterocycles. The van der Waals surface area contributed by atoms with E-state index >= 15 is 0 Å². The third-order valence-corrected chi connectivity index (χ3v) is 3.37. The topological polar surface area (TPSA) is 35.2 Å². The highest BCUT2D eigenvalue weighted by Gasteiger charge is 2.04. The summed E-state index contributed by atoms with van der Waals surface area (Å²) in [5.41, 5.74) is 8.53. The quantitative estimate of drug-likeness (QED) is 0.838. The van der Waals surface area contributed by atoms with Crippen molar-refractivity contribution in [2.24, 2.45) is 0 Å². The fraction of sp³-hybridized carbons (Fsp3) is 0.143. The molecule has 2 N–H and O–H groups in total. The third kappa shape index (κ3) is 3.18. The number of hydrogen-bond donors (Lipinski definition) is 1. The third-order valence-electron chi connectivity index (χ3n) is 2.64. The van der Waals surface area contributed by atoms with E-state index in [1.165, 1.54) is 0 Å². The van der Waals surface area contributed by atoms with Gasteiger partial charge in [-0.3, -0.25) is 0 Å². The Morgan fingerprint density at radius 1 is 1.22 bits per heavy atom. The maximum atomic E-state index is 5.94. The molecular formula is C14H13BrClNO. The summed E-state index contributed by atoms with van der Waals surface area (Å²) in [6.07, 6.45) is 0. The largest absolute Gasteiger partial charge is 0.489 e. The van der Waals surface area contributed by atoms with Crippen molar-refractivity contribution in [1.29, 1.82) is 0 Å². The van der Waals surface area contributed by atoms with Crippen LogP contribution in [0, 0.1) is 6.92 Å². The predicted molar refractivity (Wildman–Crippen MR) is 79.1 cm³/mol. The summed E-state index contributed by atoms with van der Waals surface area (Å²) in [4.78, 5) is 0. The first kappa shape index (κ1) is 13.2. The molecule has 2 rings (SSSR count). The van der Waals surface area contributed by atoms with Gasteiger partial charge in [0.1, 0.15) is 12.4 Å². The first-order chi connectivity index (χ1) is 8.56. The number of hydrogen-bond acceptors (Lipinski definition) is 2. The molecule has 2 nitrogen and oxygen atoms in total. The van der Waals surface area contributed by atoms with Gasteiger partial charge < -0.3 is 10.5 Å². The predicted octanol–water partition coefficient (Wildman–Crippen LogP) is 4.57. The van der Waals surface area contributed by atoms with Gasteiger partial charge in [-0.25, -0.2) is 0 Å². The van der Waals surface area contributed by atoms with E-state index < -0.39 is 0 Å². The molecule has 0 aliphatic heterocycles. The molecule has 4 heteroatoms. The van der Waals surface area contributed by atoms with Gasteiger partial charge in [-0.05, 0) is 42.8 Å². The smallest absolute Gasteiger partial charge is 0.123 e. The highest BCUT2D eigenvalue weighted by molar-refractivity contribution is 9.10. The molecule has 18 heavy (non-hydrogen) atoms. The minimum Gasteiger partial charge on any atom is -0.489 e. The average Bonchev–Trinajstić information content (AvgIpc) is 2.34. The second-order valence-electron chi connectivity index (χ2n) is 4.04. The number of aryl methyl sites for hydroxylation is 1. The van der Waals surface area contributed by atoms with Gasteiger partial charge in [-0.1, -0.05) is 33.6 Å². The summed E-state index contributed by atoms with van der Waals surface area (Å²) in [7, 11) is 0. The van der Waals surface area contributed by atoms with Crippen LogP contribution < -0.4 is 10.5 Å². The molecule has 0 radical (unpaired) electrons. The fourth-order valence-corrected chi connectivity index (χ4v) is 2.12. The Bertz CT molecular complexity index is 520. The van der Waals surface area contributed by atoms with Crippen LogP contribution in [-0.4, -0.2) is 0 Å². The zero-order valence-corrected chi connectivity index (χ0v) is 12.3. The molecule has 0 amide bonds. The normalized spacial score (nSPS) is 10.4. The number of ether oxygens (including phenoxy) is 1. The number of nitrogens with two attached hydrogens (primary N) is 1. The van der Waals surface area contributed by atoms with Crippen molar-refractivity contribution >= 4 is 33.2 Å². The zero-order chi connectivity index (χ0) is 13.1. The molecule has 0 atom stereocenters. The van der Waals surface area contributed by atoms with E-state index in [1.54, 1.807) is 12.1 Å². The minimum atomic E-state index is 0.406. The maximum Gasteiger partial charge on any atom is 0.123 e. The van der Waals surface area contributed by atoms with E-state index in [9.17, 15) is 0 Å². The van der Waals surface area contributed by atoms with Gasteiger partial charge in [0.15, 0.2) is 0 Å². The van der Waals surface area contributed by atoms with Crippen molar-refractivity contribution in [3.8, 4) is 5.75 Å². The Balaban J connectivity index is 2.16. The van der Waals surface area contributed by atoms with Crippen LogP contribution in [-0.2, 0) is 6.61 Å². The van der Waals surface area contributed by atoms with Gasteiger partial charge in [0, 0.05) is 20.7 Å². The monoisotopic (exact) mass is 325 g/mol. The van der Waals surface area contributed by atoms with Gasteiger partial charge in [0.2, 0.25) is 0 Å². The molecule has 0 aliphatic rings. The van der Waals surface area contributed by atoms with Crippen LogP contribution in [0.5, 0.6) is 5.75 Å². The summed E-state index contributed by atoms with van der Waals surface area (Å²) < 4.78 is 6.76. The second-order valence-corrected chi connectivity index (χ2v) is 5.39. The molecule has 0 saturated carbocycles. The average molecular weight is 327 g/mol. The van der Waals surface area contributed by atoms with Crippen molar-refractivity contribution in [2.75, 3.05) is 5.73 Å². The van der Waals surface area contributed by atoms with Gasteiger partial charge in [0.25, 0.3) is 0 Å². The van der Waals surface area contributed by atoms with Gasteiger partial charge in [-0.15, -0.1) is 0 Å². The summed E-state index contributed by atoms with van der Waals surface area (Å²) in [6.45, 7) is 2.41. The van der Waals surface area contributed by atoms with Gasteiger partial charge in [-0.2, -0.15) is 0 Å². The van der Waals surface area contributed by atoms with Crippen LogP contribution >= 0.6 is 27.5 Å².